The van der Waals surface area contributed by atoms with Crippen molar-refractivity contribution in [1.82, 2.24) is 9.80 Å². The number of piperazine rings is 1. The van der Waals surface area contributed by atoms with Crippen LogP contribution in [-0.2, 0) is 11.2 Å². The third-order valence-electron chi connectivity index (χ3n) is 6.07. The first-order chi connectivity index (χ1) is 15.3. The number of benzene rings is 2. The van der Waals surface area contributed by atoms with Gasteiger partial charge in [0.2, 0.25) is 0 Å². The van der Waals surface area contributed by atoms with Gasteiger partial charge in [-0.15, -0.1) is 12.4 Å². The number of ether oxygens (including phenoxy) is 1. The number of rotatable bonds is 10. The van der Waals surface area contributed by atoms with Crippen LogP contribution in [0.2, 0.25) is 0 Å². The van der Waals surface area contributed by atoms with Crippen LogP contribution >= 0.6 is 12.4 Å². The molecule has 0 saturated carbocycles. The number of anilines is 1. The van der Waals surface area contributed by atoms with Crippen LogP contribution in [0.3, 0.4) is 0 Å². The molecule has 2 atom stereocenters. The minimum Gasteiger partial charge on any atom is -0.389 e. The number of hydrogen-bond donors (Lipinski definition) is 1. The van der Waals surface area contributed by atoms with E-state index in [0.717, 1.165) is 43.0 Å². The number of ketones is 1. The van der Waals surface area contributed by atoms with Gasteiger partial charge in [0.05, 0.1) is 12.7 Å². The standard InChI is InChI=1S/C26H37N3O3.ClH/c1-20-16-21(10-11-24(20)27(2)3)17-25(26(31)22-8-6-5-7-9-22)32-19-23(30)18-29-14-12-28(4)13-15-29;/h5-11,16,23,25,30H,12-15,17-19H2,1-4H3;1H. The number of carbonyl (C=O) groups is 1. The quantitative estimate of drug-likeness (QED) is 0.533. The predicted octanol–water partition coefficient (Wildman–Crippen LogP) is 2.90. The molecule has 2 unspecified atom stereocenters. The van der Waals surface area contributed by atoms with Crippen LogP contribution in [0.5, 0.6) is 0 Å². The van der Waals surface area contributed by atoms with Gasteiger partial charge in [-0.2, -0.15) is 0 Å². The van der Waals surface area contributed by atoms with Gasteiger partial charge in [-0.05, 0) is 31.2 Å². The second kappa shape index (κ2) is 13.1. The Kier molecular flexibility index (Phi) is 10.8. The highest BCUT2D eigenvalue weighted by molar-refractivity contribution is 5.99. The van der Waals surface area contributed by atoms with Crippen molar-refractivity contribution in [1.29, 1.82) is 0 Å². The maximum Gasteiger partial charge on any atom is 0.191 e. The average molecular weight is 476 g/mol. The zero-order valence-corrected chi connectivity index (χ0v) is 21.1. The molecule has 0 amide bonds. The number of nitrogens with zero attached hydrogens (tertiary/aromatic N) is 3. The highest BCUT2D eigenvalue weighted by Crippen LogP contribution is 2.21. The fraction of sp³-hybridized carbons (Fsp3) is 0.500. The van der Waals surface area contributed by atoms with Crippen LogP contribution in [0, 0.1) is 6.92 Å². The zero-order chi connectivity index (χ0) is 23.1. The second-order valence-corrected chi connectivity index (χ2v) is 9.03. The molecular formula is C26H38ClN3O3. The lowest BCUT2D eigenvalue weighted by Crippen LogP contribution is -2.47. The summed E-state index contributed by atoms with van der Waals surface area (Å²) >= 11 is 0. The summed E-state index contributed by atoms with van der Waals surface area (Å²) in [7, 11) is 6.16. The third kappa shape index (κ3) is 8.09. The number of carbonyl (C=O) groups excluding carboxylic acids is 1. The molecule has 182 valence electrons. The first-order valence-corrected chi connectivity index (χ1v) is 11.4. The molecule has 0 bridgehead atoms. The number of likely N-dealkylation sites (N-methyl/N-ethyl adjacent to an activating group) is 1. The fourth-order valence-corrected chi connectivity index (χ4v) is 4.18. The first kappa shape index (κ1) is 27.3. The van der Waals surface area contributed by atoms with Crippen LogP contribution in [0.15, 0.2) is 48.5 Å². The Morgan fingerprint density at radius 3 is 2.36 bits per heavy atom. The second-order valence-electron chi connectivity index (χ2n) is 9.03. The van der Waals surface area contributed by atoms with E-state index in [1.165, 1.54) is 0 Å². The minimum atomic E-state index is -0.635. The van der Waals surface area contributed by atoms with Crippen molar-refractivity contribution in [2.75, 3.05) is 65.4 Å². The van der Waals surface area contributed by atoms with Gasteiger partial charge in [0.25, 0.3) is 0 Å². The molecule has 0 spiro atoms. The van der Waals surface area contributed by atoms with Gasteiger partial charge in [0.15, 0.2) is 5.78 Å². The Bertz CT molecular complexity index is 870. The van der Waals surface area contributed by atoms with Crippen LogP contribution in [0.25, 0.3) is 0 Å². The lowest BCUT2D eigenvalue weighted by molar-refractivity contribution is -0.0174. The Balaban J connectivity index is 0.00000385. The Hall–Kier alpha value is -1.96. The maximum atomic E-state index is 13.2. The Morgan fingerprint density at radius 2 is 1.76 bits per heavy atom. The summed E-state index contributed by atoms with van der Waals surface area (Å²) in [5.74, 6) is -0.0493. The molecule has 1 saturated heterocycles. The molecule has 1 fully saturated rings. The van der Waals surface area contributed by atoms with E-state index in [2.05, 4.69) is 46.9 Å². The number of Topliss-reactive ketones (excluding diaryl/α,β-unsaturated/α-hetero) is 1. The first-order valence-electron chi connectivity index (χ1n) is 11.4. The highest BCUT2D eigenvalue weighted by atomic mass is 35.5. The van der Waals surface area contributed by atoms with Crippen molar-refractivity contribution in [3.8, 4) is 0 Å². The average Bonchev–Trinajstić information content (AvgIpc) is 2.78. The fourth-order valence-electron chi connectivity index (χ4n) is 4.18. The zero-order valence-electron chi connectivity index (χ0n) is 20.2. The lowest BCUT2D eigenvalue weighted by atomic mass is 9.98. The molecule has 1 aliphatic rings. The van der Waals surface area contributed by atoms with Crippen molar-refractivity contribution in [3.05, 3.63) is 65.2 Å². The molecule has 7 heteroatoms. The number of halogens is 1. The van der Waals surface area contributed by atoms with Gasteiger partial charge in [-0.1, -0.05) is 42.5 Å². The van der Waals surface area contributed by atoms with Gasteiger partial charge in [0, 0.05) is 64.5 Å². The van der Waals surface area contributed by atoms with E-state index in [4.69, 9.17) is 4.74 Å². The molecule has 1 N–H and O–H groups in total. The summed E-state index contributed by atoms with van der Waals surface area (Å²) in [5, 5.41) is 10.6. The number of aliphatic hydroxyl groups is 1. The van der Waals surface area contributed by atoms with Crippen molar-refractivity contribution in [2.45, 2.75) is 25.6 Å². The largest absolute Gasteiger partial charge is 0.389 e. The SMILES string of the molecule is Cc1cc(CC(OCC(O)CN2CCN(C)CC2)C(=O)c2ccccc2)ccc1N(C)C.Cl. The summed E-state index contributed by atoms with van der Waals surface area (Å²) in [6, 6.07) is 15.5. The van der Waals surface area contributed by atoms with Crippen LogP contribution < -0.4 is 4.90 Å². The topological polar surface area (TPSA) is 56.3 Å². The van der Waals surface area contributed by atoms with E-state index in [0.29, 0.717) is 18.5 Å². The van der Waals surface area contributed by atoms with Crippen molar-refractivity contribution in [2.24, 2.45) is 0 Å². The predicted molar refractivity (Wildman–Crippen MR) is 137 cm³/mol. The summed E-state index contributed by atoms with van der Waals surface area (Å²) in [5.41, 5.74) is 4.00. The van der Waals surface area contributed by atoms with Gasteiger partial charge in [0.1, 0.15) is 6.10 Å². The highest BCUT2D eigenvalue weighted by Gasteiger charge is 2.24. The smallest absolute Gasteiger partial charge is 0.191 e. The lowest BCUT2D eigenvalue weighted by Gasteiger charge is -2.33. The van der Waals surface area contributed by atoms with Gasteiger partial charge in [-0.25, -0.2) is 0 Å². The summed E-state index contributed by atoms with van der Waals surface area (Å²) < 4.78 is 6.06. The van der Waals surface area contributed by atoms with Crippen molar-refractivity contribution >= 4 is 23.9 Å². The van der Waals surface area contributed by atoms with E-state index < -0.39 is 12.2 Å². The van der Waals surface area contributed by atoms with Crippen molar-refractivity contribution < 1.29 is 14.6 Å². The van der Waals surface area contributed by atoms with E-state index in [9.17, 15) is 9.90 Å². The molecule has 1 aliphatic heterocycles. The van der Waals surface area contributed by atoms with E-state index >= 15 is 0 Å². The monoisotopic (exact) mass is 475 g/mol. The van der Waals surface area contributed by atoms with Crippen molar-refractivity contribution in [3.63, 3.8) is 0 Å². The number of β-amino-alcohol motifs (C(OH)–C–C–N with tert-alkyl or cyclic N) is 1. The molecule has 6 nitrogen and oxygen atoms in total. The Labute approximate surface area is 204 Å². The maximum absolute atomic E-state index is 13.2. The summed E-state index contributed by atoms with van der Waals surface area (Å²) in [6.45, 7) is 6.68. The normalized spacial score (nSPS) is 16.6. The Morgan fingerprint density at radius 1 is 1.09 bits per heavy atom. The van der Waals surface area contributed by atoms with Gasteiger partial charge < -0.3 is 19.6 Å². The minimum absolute atomic E-state index is 0. The van der Waals surface area contributed by atoms with Crippen LogP contribution in [0.1, 0.15) is 21.5 Å². The molecule has 2 aromatic rings. The summed E-state index contributed by atoms with van der Waals surface area (Å²) in [4.78, 5) is 19.8. The van der Waals surface area contributed by atoms with E-state index in [1.807, 2.05) is 44.4 Å². The summed E-state index contributed by atoms with van der Waals surface area (Å²) in [6.07, 6.45) is -0.782. The van der Waals surface area contributed by atoms with Gasteiger partial charge >= 0.3 is 0 Å². The molecular weight excluding hydrogens is 438 g/mol. The van der Waals surface area contributed by atoms with E-state index in [-0.39, 0.29) is 24.8 Å². The molecule has 33 heavy (non-hydrogen) atoms. The molecule has 3 rings (SSSR count). The number of aliphatic hydroxyl groups excluding tert-OH is 1. The molecule has 2 aromatic carbocycles. The molecule has 0 aromatic heterocycles. The number of aryl methyl sites for hydroxylation is 1. The van der Waals surface area contributed by atoms with E-state index in [1.54, 1.807) is 0 Å². The van der Waals surface area contributed by atoms with Crippen LogP contribution in [-0.4, -0.2) is 93.4 Å². The van der Waals surface area contributed by atoms with Gasteiger partial charge in [-0.3, -0.25) is 9.69 Å². The molecule has 0 radical (unpaired) electrons. The molecule has 1 heterocycles. The third-order valence-corrected chi connectivity index (χ3v) is 6.07. The number of hydrogen-bond acceptors (Lipinski definition) is 6. The molecule has 0 aliphatic carbocycles. The van der Waals surface area contributed by atoms with Crippen LogP contribution in [0.4, 0.5) is 5.69 Å².